The maximum atomic E-state index is 12.6. The molecular formula is C14H11F3N2O. The third-order valence-electron chi connectivity index (χ3n) is 2.57. The van der Waals surface area contributed by atoms with Gasteiger partial charge in [-0.1, -0.05) is 12.1 Å². The van der Waals surface area contributed by atoms with Crippen LogP contribution >= 0.6 is 0 Å². The number of rotatable bonds is 2. The van der Waals surface area contributed by atoms with Gasteiger partial charge in [0.25, 0.3) is 5.91 Å². The van der Waals surface area contributed by atoms with Crippen LogP contribution in [0.4, 0.5) is 18.9 Å². The Morgan fingerprint density at radius 1 is 1.15 bits per heavy atom. The number of nitrogens with zero attached hydrogens (tertiary/aromatic N) is 1. The summed E-state index contributed by atoms with van der Waals surface area (Å²) in [7, 11) is 0. The van der Waals surface area contributed by atoms with Crippen molar-refractivity contribution < 1.29 is 18.0 Å². The maximum absolute atomic E-state index is 12.6. The second-order valence-corrected chi connectivity index (χ2v) is 4.20. The number of benzene rings is 1. The van der Waals surface area contributed by atoms with Crippen molar-refractivity contribution >= 4 is 11.6 Å². The van der Waals surface area contributed by atoms with Crippen LogP contribution < -0.4 is 5.32 Å². The molecule has 0 bridgehead atoms. The van der Waals surface area contributed by atoms with Crippen molar-refractivity contribution in [2.45, 2.75) is 13.1 Å². The number of halogens is 3. The second-order valence-electron chi connectivity index (χ2n) is 4.20. The molecule has 20 heavy (non-hydrogen) atoms. The number of aromatic nitrogens is 1. The van der Waals surface area contributed by atoms with Gasteiger partial charge in [-0.2, -0.15) is 13.2 Å². The predicted molar refractivity (Wildman–Crippen MR) is 68.4 cm³/mol. The molecule has 1 amide bonds. The zero-order chi connectivity index (χ0) is 14.8. The Hall–Kier alpha value is -2.37. The van der Waals surface area contributed by atoms with Crippen LogP contribution in [-0.4, -0.2) is 10.9 Å². The summed E-state index contributed by atoms with van der Waals surface area (Å²) in [6.07, 6.45) is -4.44. The Morgan fingerprint density at radius 3 is 2.50 bits per heavy atom. The molecule has 0 saturated carbocycles. The van der Waals surface area contributed by atoms with Crippen molar-refractivity contribution in [1.29, 1.82) is 0 Å². The van der Waals surface area contributed by atoms with Crippen LogP contribution in [0.25, 0.3) is 0 Å². The lowest BCUT2D eigenvalue weighted by atomic mass is 10.2. The summed E-state index contributed by atoms with van der Waals surface area (Å²) in [4.78, 5) is 15.9. The Labute approximate surface area is 113 Å². The zero-order valence-corrected chi connectivity index (χ0v) is 10.5. The molecule has 2 aromatic rings. The quantitative estimate of drug-likeness (QED) is 0.912. The number of hydrogen-bond donors (Lipinski definition) is 1. The van der Waals surface area contributed by atoms with Gasteiger partial charge in [-0.25, -0.2) is 4.98 Å². The molecule has 1 aromatic heterocycles. The minimum absolute atomic E-state index is 0.0770. The SMILES string of the molecule is Cc1cccc(C(=O)Nc2cccc(C(F)(F)F)c2)n1. The standard InChI is InChI=1S/C14H11F3N2O/c1-9-4-2-7-12(18-9)13(20)19-11-6-3-5-10(8-11)14(15,16)17/h2-8H,1H3,(H,19,20). The van der Waals surface area contributed by atoms with Gasteiger partial charge in [0.1, 0.15) is 5.69 Å². The third-order valence-corrected chi connectivity index (χ3v) is 2.57. The van der Waals surface area contributed by atoms with E-state index in [2.05, 4.69) is 10.3 Å². The smallest absolute Gasteiger partial charge is 0.321 e. The van der Waals surface area contributed by atoms with Gasteiger partial charge in [-0.05, 0) is 37.3 Å². The van der Waals surface area contributed by atoms with Crippen molar-refractivity contribution in [3.8, 4) is 0 Å². The number of anilines is 1. The molecule has 6 heteroatoms. The highest BCUT2D eigenvalue weighted by atomic mass is 19.4. The monoisotopic (exact) mass is 280 g/mol. The Balaban J connectivity index is 2.20. The topological polar surface area (TPSA) is 42.0 Å². The molecule has 0 fully saturated rings. The van der Waals surface area contributed by atoms with E-state index in [0.29, 0.717) is 5.69 Å². The number of pyridine rings is 1. The van der Waals surface area contributed by atoms with Gasteiger partial charge in [0.2, 0.25) is 0 Å². The number of carbonyl (C=O) groups is 1. The van der Waals surface area contributed by atoms with Crippen molar-refractivity contribution in [2.75, 3.05) is 5.32 Å². The minimum Gasteiger partial charge on any atom is -0.321 e. The number of alkyl halides is 3. The molecular weight excluding hydrogens is 269 g/mol. The summed E-state index contributed by atoms with van der Waals surface area (Å²) >= 11 is 0. The minimum atomic E-state index is -4.44. The molecule has 3 nitrogen and oxygen atoms in total. The number of amides is 1. The Morgan fingerprint density at radius 2 is 1.85 bits per heavy atom. The fourth-order valence-electron chi connectivity index (χ4n) is 1.64. The lowest BCUT2D eigenvalue weighted by molar-refractivity contribution is -0.137. The maximum Gasteiger partial charge on any atom is 0.416 e. The van der Waals surface area contributed by atoms with E-state index in [1.165, 1.54) is 18.2 Å². The molecule has 104 valence electrons. The van der Waals surface area contributed by atoms with E-state index in [9.17, 15) is 18.0 Å². The molecule has 1 heterocycles. The summed E-state index contributed by atoms with van der Waals surface area (Å²) in [6.45, 7) is 1.72. The first-order valence-electron chi connectivity index (χ1n) is 5.78. The molecule has 0 aliphatic heterocycles. The first-order valence-corrected chi connectivity index (χ1v) is 5.78. The first-order chi connectivity index (χ1) is 9.36. The summed E-state index contributed by atoms with van der Waals surface area (Å²) < 4.78 is 37.7. The normalized spacial score (nSPS) is 11.2. The number of carbonyl (C=O) groups excluding carboxylic acids is 1. The van der Waals surface area contributed by atoms with Crippen LogP contribution in [0.5, 0.6) is 0 Å². The largest absolute Gasteiger partial charge is 0.416 e. The molecule has 0 spiro atoms. The van der Waals surface area contributed by atoms with E-state index in [0.717, 1.165) is 12.1 Å². The van der Waals surface area contributed by atoms with E-state index >= 15 is 0 Å². The fraction of sp³-hybridized carbons (Fsp3) is 0.143. The third kappa shape index (κ3) is 3.34. The van der Waals surface area contributed by atoms with E-state index in [1.54, 1.807) is 19.1 Å². The fourth-order valence-corrected chi connectivity index (χ4v) is 1.64. The average Bonchev–Trinajstić information content (AvgIpc) is 2.38. The van der Waals surface area contributed by atoms with Gasteiger partial charge < -0.3 is 5.32 Å². The lowest BCUT2D eigenvalue weighted by Gasteiger charge is -2.09. The van der Waals surface area contributed by atoms with Gasteiger partial charge in [0.05, 0.1) is 5.56 Å². The van der Waals surface area contributed by atoms with Crippen LogP contribution in [0.15, 0.2) is 42.5 Å². The molecule has 1 N–H and O–H groups in total. The van der Waals surface area contributed by atoms with E-state index in [1.807, 2.05) is 0 Å². The molecule has 0 aliphatic carbocycles. The van der Waals surface area contributed by atoms with Crippen molar-refractivity contribution in [3.05, 3.63) is 59.4 Å². The van der Waals surface area contributed by atoms with Crippen LogP contribution in [0.3, 0.4) is 0 Å². The lowest BCUT2D eigenvalue weighted by Crippen LogP contribution is -2.14. The first kappa shape index (κ1) is 14.0. The number of aryl methyl sites for hydroxylation is 1. The molecule has 0 radical (unpaired) electrons. The second kappa shape index (κ2) is 5.32. The van der Waals surface area contributed by atoms with Crippen molar-refractivity contribution in [3.63, 3.8) is 0 Å². The van der Waals surface area contributed by atoms with E-state index in [4.69, 9.17) is 0 Å². The van der Waals surface area contributed by atoms with Crippen molar-refractivity contribution in [2.24, 2.45) is 0 Å². The molecule has 0 saturated heterocycles. The summed E-state index contributed by atoms with van der Waals surface area (Å²) in [6, 6.07) is 9.33. The van der Waals surface area contributed by atoms with Gasteiger partial charge >= 0.3 is 6.18 Å². The molecule has 0 atom stereocenters. The zero-order valence-electron chi connectivity index (χ0n) is 10.5. The van der Waals surface area contributed by atoms with Gasteiger partial charge in [-0.3, -0.25) is 4.79 Å². The summed E-state index contributed by atoms with van der Waals surface area (Å²) in [5, 5.41) is 2.40. The highest BCUT2D eigenvalue weighted by Crippen LogP contribution is 2.30. The molecule has 0 aliphatic rings. The van der Waals surface area contributed by atoms with E-state index in [-0.39, 0.29) is 11.4 Å². The van der Waals surface area contributed by atoms with Crippen LogP contribution in [0.1, 0.15) is 21.7 Å². The molecule has 2 rings (SSSR count). The number of hydrogen-bond acceptors (Lipinski definition) is 2. The molecule has 0 unspecified atom stereocenters. The van der Waals surface area contributed by atoms with E-state index < -0.39 is 17.6 Å². The van der Waals surface area contributed by atoms with Crippen LogP contribution in [-0.2, 0) is 6.18 Å². The van der Waals surface area contributed by atoms with Crippen molar-refractivity contribution in [1.82, 2.24) is 4.98 Å². The Bertz CT molecular complexity index is 638. The summed E-state index contributed by atoms with van der Waals surface area (Å²) in [5.74, 6) is -0.548. The predicted octanol–water partition coefficient (Wildman–Crippen LogP) is 3.66. The molecule has 1 aromatic carbocycles. The van der Waals surface area contributed by atoms with Gasteiger partial charge in [-0.15, -0.1) is 0 Å². The van der Waals surface area contributed by atoms with Gasteiger partial charge in [0.15, 0.2) is 0 Å². The van der Waals surface area contributed by atoms with Crippen LogP contribution in [0.2, 0.25) is 0 Å². The number of nitrogens with one attached hydrogen (secondary N) is 1. The Kier molecular flexibility index (Phi) is 3.74. The highest BCUT2D eigenvalue weighted by Gasteiger charge is 2.30. The van der Waals surface area contributed by atoms with Crippen LogP contribution in [0, 0.1) is 6.92 Å². The van der Waals surface area contributed by atoms with Gasteiger partial charge in [0, 0.05) is 11.4 Å². The summed E-state index contributed by atoms with van der Waals surface area (Å²) in [5.41, 5.74) is 0.0738. The average molecular weight is 280 g/mol. The highest BCUT2D eigenvalue weighted by molar-refractivity contribution is 6.02.